The molecule has 0 bridgehead atoms. The molecule has 1 fully saturated rings. The lowest BCUT2D eigenvalue weighted by Crippen LogP contribution is -2.27. The summed E-state index contributed by atoms with van der Waals surface area (Å²) < 4.78 is 22.8. The Balaban J connectivity index is 1.34. The summed E-state index contributed by atoms with van der Waals surface area (Å²) in [4.78, 5) is 27.2. The number of imide groups is 1. The molecule has 3 aromatic rings. The summed E-state index contributed by atoms with van der Waals surface area (Å²) >= 11 is 16.7. The minimum absolute atomic E-state index is 0.0158. The van der Waals surface area contributed by atoms with E-state index >= 15 is 0 Å². The van der Waals surface area contributed by atoms with E-state index in [1.807, 2.05) is 12.1 Å². The fraction of sp³-hybridized carbons (Fsp3) is 0.154. The molecule has 0 N–H and O–H groups in total. The van der Waals surface area contributed by atoms with Crippen LogP contribution in [0.3, 0.4) is 0 Å². The topological polar surface area (TPSA) is 74.3 Å². The van der Waals surface area contributed by atoms with E-state index in [9.17, 15) is 9.59 Å². The van der Waals surface area contributed by atoms with E-state index in [1.165, 1.54) is 7.11 Å². The van der Waals surface area contributed by atoms with Crippen LogP contribution in [0.4, 0.5) is 4.79 Å². The molecule has 7 nitrogen and oxygen atoms in total. The summed E-state index contributed by atoms with van der Waals surface area (Å²) in [5.41, 5.74) is 2.19. The average Bonchev–Trinajstić information content (AvgIpc) is 3.43. The number of benzene rings is 3. The summed E-state index contributed by atoms with van der Waals surface area (Å²) in [5, 5.41) is 0.643. The molecule has 37 heavy (non-hydrogen) atoms. The first-order chi connectivity index (χ1) is 17.8. The van der Waals surface area contributed by atoms with Crippen molar-refractivity contribution in [2.75, 3.05) is 13.9 Å². The maximum Gasteiger partial charge on any atom is 0.293 e. The Bertz CT molecular complexity index is 1430. The van der Waals surface area contributed by atoms with Crippen molar-refractivity contribution in [1.29, 1.82) is 0 Å². The highest BCUT2D eigenvalue weighted by Gasteiger charge is 2.36. The molecule has 3 aromatic carbocycles. The number of nitrogens with zero attached hydrogens (tertiary/aromatic N) is 1. The zero-order valence-electron chi connectivity index (χ0n) is 19.3. The number of rotatable bonds is 7. The molecule has 11 heteroatoms. The highest BCUT2D eigenvalue weighted by atomic mass is 79.9. The zero-order chi connectivity index (χ0) is 26.1. The van der Waals surface area contributed by atoms with Crippen LogP contribution in [-0.2, 0) is 17.9 Å². The van der Waals surface area contributed by atoms with Crippen LogP contribution in [0, 0.1) is 0 Å². The molecule has 0 aromatic heterocycles. The minimum atomic E-state index is -0.415. The van der Waals surface area contributed by atoms with Gasteiger partial charge in [0.2, 0.25) is 6.79 Å². The van der Waals surface area contributed by atoms with Gasteiger partial charge in [-0.2, -0.15) is 0 Å². The fourth-order valence-electron chi connectivity index (χ4n) is 3.74. The number of hydrogen-bond acceptors (Lipinski definition) is 7. The van der Waals surface area contributed by atoms with Crippen LogP contribution in [0.5, 0.6) is 23.0 Å². The van der Waals surface area contributed by atoms with Gasteiger partial charge in [-0.25, -0.2) is 0 Å². The molecule has 0 radical (unpaired) electrons. The molecule has 0 atom stereocenters. The smallest absolute Gasteiger partial charge is 0.293 e. The first-order valence-corrected chi connectivity index (χ1v) is 13.3. The van der Waals surface area contributed by atoms with Gasteiger partial charge in [-0.3, -0.25) is 14.5 Å². The van der Waals surface area contributed by atoms with Crippen LogP contribution < -0.4 is 18.9 Å². The lowest BCUT2D eigenvalue weighted by Gasteiger charge is -2.14. The molecule has 0 unspecified atom stereocenters. The number of ether oxygens (including phenoxy) is 4. The van der Waals surface area contributed by atoms with E-state index in [-0.39, 0.29) is 23.5 Å². The maximum absolute atomic E-state index is 13.1. The predicted molar refractivity (Wildman–Crippen MR) is 146 cm³/mol. The number of carbonyl (C=O) groups is 2. The number of amides is 2. The van der Waals surface area contributed by atoms with Crippen LogP contribution >= 0.6 is 50.9 Å². The summed E-state index contributed by atoms with van der Waals surface area (Å²) in [6.45, 7) is 0.429. The van der Waals surface area contributed by atoms with E-state index in [0.29, 0.717) is 55.2 Å². The molecular formula is C26H18BrCl2NO6S. The number of hydrogen-bond donors (Lipinski definition) is 0. The highest BCUT2D eigenvalue weighted by Crippen LogP contribution is 2.41. The molecule has 5 rings (SSSR count). The first kappa shape index (κ1) is 25.8. The van der Waals surface area contributed by atoms with Crippen molar-refractivity contribution in [3.05, 3.63) is 84.6 Å². The third-order valence-corrected chi connectivity index (χ3v) is 7.69. The second kappa shape index (κ2) is 10.9. The number of halogens is 3. The van der Waals surface area contributed by atoms with Gasteiger partial charge >= 0.3 is 0 Å². The third-order valence-electron chi connectivity index (χ3n) is 5.59. The van der Waals surface area contributed by atoms with Gasteiger partial charge in [0.15, 0.2) is 23.0 Å². The lowest BCUT2D eigenvalue weighted by atomic mass is 10.1. The predicted octanol–water partition coefficient (Wildman–Crippen LogP) is 7.31. The maximum atomic E-state index is 13.1. The van der Waals surface area contributed by atoms with Gasteiger partial charge in [0.25, 0.3) is 11.1 Å². The molecule has 0 spiro atoms. The molecule has 2 aliphatic rings. The molecule has 2 amide bonds. The van der Waals surface area contributed by atoms with E-state index in [0.717, 1.165) is 22.2 Å². The van der Waals surface area contributed by atoms with Gasteiger partial charge in [-0.15, -0.1) is 0 Å². The van der Waals surface area contributed by atoms with Gasteiger partial charge in [-0.1, -0.05) is 35.3 Å². The van der Waals surface area contributed by atoms with E-state index in [2.05, 4.69) is 15.9 Å². The summed E-state index contributed by atoms with van der Waals surface area (Å²) in [5.74, 6) is 1.63. The van der Waals surface area contributed by atoms with Crippen molar-refractivity contribution in [3.63, 3.8) is 0 Å². The molecule has 2 aliphatic heterocycles. The van der Waals surface area contributed by atoms with Gasteiger partial charge in [-0.05, 0) is 80.8 Å². The largest absolute Gasteiger partial charge is 0.493 e. The number of methoxy groups -OCH3 is 1. The number of fused-ring (bicyclic) bond motifs is 1. The standard InChI is InChI=1S/C26H18BrCl2NO6S/c1-33-22-7-15(6-18(27)24(22)34-12-14-2-4-17(28)5-3-14)8-23-25(31)30(26(32)37-23)11-16-9-20-21(10-19(16)29)36-13-35-20/h2-10H,11-13H2,1H3. The zero-order valence-corrected chi connectivity index (χ0v) is 23.2. The van der Waals surface area contributed by atoms with Crippen molar-refractivity contribution >= 4 is 68.1 Å². The van der Waals surface area contributed by atoms with Gasteiger partial charge in [0.05, 0.1) is 23.0 Å². The minimum Gasteiger partial charge on any atom is -0.493 e. The summed E-state index contributed by atoms with van der Waals surface area (Å²) in [7, 11) is 1.53. The molecular weight excluding hydrogens is 605 g/mol. The molecule has 190 valence electrons. The average molecular weight is 623 g/mol. The van der Waals surface area contributed by atoms with E-state index < -0.39 is 5.91 Å². The second-order valence-corrected chi connectivity index (χ2v) is 10.7. The Morgan fingerprint density at radius 3 is 2.54 bits per heavy atom. The van der Waals surface area contributed by atoms with Crippen molar-refractivity contribution < 1.29 is 28.5 Å². The van der Waals surface area contributed by atoms with Crippen molar-refractivity contribution in [1.82, 2.24) is 4.90 Å². The molecule has 0 aliphatic carbocycles. The van der Waals surface area contributed by atoms with Crippen molar-refractivity contribution in [3.8, 4) is 23.0 Å². The van der Waals surface area contributed by atoms with Crippen LogP contribution in [0.1, 0.15) is 16.7 Å². The van der Waals surface area contributed by atoms with Gasteiger partial charge in [0.1, 0.15) is 6.61 Å². The van der Waals surface area contributed by atoms with E-state index in [4.69, 9.17) is 42.1 Å². The van der Waals surface area contributed by atoms with Crippen molar-refractivity contribution in [2.45, 2.75) is 13.2 Å². The van der Waals surface area contributed by atoms with Crippen LogP contribution in [0.2, 0.25) is 10.0 Å². The fourth-order valence-corrected chi connectivity index (χ4v) is 5.49. The highest BCUT2D eigenvalue weighted by molar-refractivity contribution is 9.10. The second-order valence-electron chi connectivity index (χ2n) is 8.01. The Morgan fingerprint density at radius 2 is 1.81 bits per heavy atom. The van der Waals surface area contributed by atoms with Crippen LogP contribution in [0.25, 0.3) is 6.08 Å². The van der Waals surface area contributed by atoms with Gasteiger partial charge in [0, 0.05) is 16.1 Å². The number of thioether (sulfide) groups is 1. The number of carbonyl (C=O) groups excluding carboxylic acids is 2. The van der Waals surface area contributed by atoms with Crippen LogP contribution in [0.15, 0.2) is 57.9 Å². The monoisotopic (exact) mass is 621 g/mol. The summed E-state index contributed by atoms with van der Waals surface area (Å²) in [6, 6.07) is 14.2. The SMILES string of the molecule is COc1cc(C=C2SC(=O)N(Cc3cc4c(cc3Cl)OCO4)C2=O)cc(Br)c1OCc1ccc(Cl)cc1. The Morgan fingerprint density at radius 1 is 1.08 bits per heavy atom. The Labute approximate surface area is 235 Å². The quantitative estimate of drug-likeness (QED) is 0.256. The van der Waals surface area contributed by atoms with E-state index in [1.54, 1.807) is 42.5 Å². The Kier molecular flexibility index (Phi) is 7.57. The normalized spacial score (nSPS) is 15.6. The molecule has 1 saturated heterocycles. The third kappa shape index (κ3) is 5.55. The van der Waals surface area contributed by atoms with Crippen molar-refractivity contribution in [2.24, 2.45) is 0 Å². The lowest BCUT2D eigenvalue weighted by molar-refractivity contribution is -0.123. The van der Waals surface area contributed by atoms with Crippen LogP contribution in [-0.4, -0.2) is 29.9 Å². The first-order valence-electron chi connectivity index (χ1n) is 10.9. The van der Waals surface area contributed by atoms with Gasteiger partial charge < -0.3 is 18.9 Å². The molecule has 0 saturated carbocycles. The Hall–Kier alpha value is -2.85. The molecule has 2 heterocycles. The summed E-state index contributed by atoms with van der Waals surface area (Å²) in [6.07, 6.45) is 1.64.